The summed E-state index contributed by atoms with van der Waals surface area (Å²) in [5.41, 5.74) is 5.08. The second kappa shape index (κ2) is 5.02. The highest BCUT2D eigenvalue weighted by Gasteiger charge is 2.34. The molecule has 0 radical (unpaired) electrons. The Hall–Kier alpha value is -1.27. The number of fused-ring (bicyclic) bond motifs is 1. The predicted molar refractivity (Wildman–Crippen MR) is 63.8 cm³/mol. The van der Waals surface area contributed by atoms with E-state index in [0.717, 1.165) is 11.1 Å². The average molecular weight is 275 g/mol. The number of alkyl halides is 3. The van der Waals surface area contributed by atoms with Crippen LogP contribution in [0.3, 0.4) is 0 Å². The van der Waals surface area contributed by atoms with Crippen LogP contribution in [-0.2, 0) is 4.84 Å². The Morgan fingerprint density at radius 3 is 2.68 bits per heavy atom. The smallest absolute Gasteiger partial charge is 0.413 e. The van der Waals surface area contributed by atoms with Gasteiger partial charge in [-0.25, -0.2) is 0 Å². The van der Waals surface area contributed by atoms with Crippen molar-refractivity contribution in [1.29, 1.82) is 0 Å². The Balaban J connectivity index is 2.13. The third-order valence-corrected chi connectivity index (χ3v) is 3.37. The minimum absolute atomic E-state index is 0.0954. The number of rotatable bonds is 3. The van der Waals surface area contributed by atoms with Crippen molar-refractivity contribution < 1.29 is 23.1 Å². The zero-order valence-corrected chi connectivity index (χ0v) is 10.7. The van der Waals surface area contributed by atoms with Crippen LogP contribution in [0.1, 0.15) is 42.0 Å². The van der Waals surface area contributed by atoms with Crippen LogP contribution in [0.15, 0.2) is 12.1 Å². The molecule has 0 saturated carbocycles. The second-order valence-corrected chi connectivity index (χ2v) is 4.94. The molecule has 3 nitrogen and oxygen atoms in total. The van der Waals surface area contributed by atoms with Gasteiger partial charge in [0.15, 0.2) is 6.61 Å². The minimum atomic E-state index is -4.37. The average Bonchev–Trinajstić information content (AvgIpc) is 2.61. The topological polar surface area (TPSA) is 41.5 Å². The Kier molecular flexibility index (Phi) is 3.73. The van der Waals surface area contributed by atoms with Crippen molar-refractivity contribution in [2.45, 2.75) is 38.4 Å². The van der Waals surface area contributed by atoms with Crippen LogP contribution in [0.25, 0.3) is 0 Å². The normalized spacial score (nSPS) is 22.6. The van der Waals surface area contributed by atoms with Crippen molar-refractivity contribution in [3.63, 3.8) is 0 Å². The molecular formula is C13H16F3NO2. The molecule has 1 aliphatic carbocycles. The van der Waals surface area contributed by atoms with Crippen molar-refractivity contribution >= 4 is 0 Å². The number of hydroxylamine groups is 1. The van der Waals surface area contributed by atoms with Crippen LogP contribution in [0.2, 0.25) is 0 Å². The van der Waals surface area contributed by atoms with Gasteiger partial charge in [0.1, 0.15) is 5.75 Å². The summed E-state index contributed by atoms with van der Waals surface area (Å²) in [6, 6.07) is 2.96. The van der Waals surface area contributed by atoms with E-state index < -0.39 is 18.8 Å². The largest absolute Gasteiger partial charge is 0.508 e. The summed E-state index contributed by atoms with van der Waals surface area (Å²) in [6.45, 7) is 2.56. The van der Waals surface area contributed by atoms with E-state index in [2.05, 4.69) is 10.3 Å². The fourth-order valence-corrected chi connectivity index (χ4v) is 2.67. The van der Waals surface area contributed by atoms with Crippen LogP contribution in [-0.4, -0.2) is 17.9 Å². The van der Waals surface area contributed by atoms with E-state index in [9.17, 15) is 18.3 Å². The van der Waals surface area contributed by atoms with Crippen molar-refractivity contribution in [2.24, 2.45) is 0 Å². The number of aryl methyl sites for hydroxylation is 1. The number of benzene rings is 1. The number of hydrogen-bond donors (Lipinski definition) is 2. The molecule has 2 rings (SSSR count). The molecule has 1 aromatic carbocycles. The van der Waals surface area contributed by atoms with Crippen molar-refractivity contribution in [1.82, 2.24) is 5.48 Å². The maximum atomic E-state index is 12.0. The Morgan fingerprint density at radius 1 is 1.37 bits per heavy atom. The van der Waals surface area contributed by atoms with Crippen molar-refractivity contribution in [2.75, 3.05) is 6.61 Å². The zero-order valence-electron chi connectivity index (χ0n) is 10.7. The quantitative estimate of drug-likeness (QED) is 0.831. The first kappa shape index (κ1) is 14.1. The van der Waals surface area contributed by atoms with Gasteiger partial charge >= 0.3 is 6.18 Å². The van der Waals surface area contributed by atoms with Gasteiger partial charge in [0, 0.05) is 5.56 Å². The van der Waals surface area contributed by atoms with E-state index in [1.165, 1.54) is 0 Å². The lowest BCUT2D eigenvalue weighted by atomic mass is 9.97. The van der Waals surface area contributed by atoms with Crippen LogP contribution < -0.4 is 5.48 Å². The lowest BCUT2D eigenvalue weighted by molar-refractivity contribution is -0.193. The van der Waals surface area contributed by atoms with Gasteiger partial charge in [-0.05, 0) is 36.5 Å². The van der Waals surface area contributed by atoms with Crippen molar-refractivity contribution in [3.8, 4) is 5.75 Å². The molecule has 19 heavy (non-hydrogen) atoms. The molecule has 1 aromatic rings. The zero-order chi connectivity index (χ0) is 14.2. The second-order valence-electron chi connectivity index (χ2n) is 4.94. The number of nitrogens with one attached hydrogen (secondary N) is 1. The molecule has 1 aliphatic rings. The van der Waals surface area contributed by atoms with Crippen LogP contribution in [0.5, 0.6) is 5.75 Å². The SMILES string of the molecule is Cc1ccc(O)c2c1C(C)CC2NOCC(F)(F)F. The summed E-state index contributed by atoms with van der Waals surface area (Å²) in [7, 11) is 0. The van der Waals surface area contributed by atoms with E-state index in [4.69, 9.17) is 0 Å². The molecule has 0 saturated heterocycles. The minimum Gasteiger partial charge on any atom is -0.508 e. The summed E-state index contributed by atoms with van der Waals surface area (Å²) in [5.74, 6) is 0.271. The van der Waals surface area contributed by atoms with E-state index in [-0.39, 0.29) is 11.7 Å². The maximum absolute atomic E-state index is 12.0. The lowest BCUT2D eigenvalue weighted by Crippen LogP contribution is -2.27. The van der Waals surface area contributed by atoms with E-state index >= 15 is 0 Å². The highest BCUT2D eigenvalue weighted by Crippen LogP contribution is 2.45. The van der Waals surface area contributed by atoms with Gasteiger partial charge in [-0.3, -0.25) is 4.84 Å². The van der Waals surface area contributed by atoms with E-state index in [1.807, 2.05) is 19.9 Å². The number of phenols is 1. The molecule has 0 heterocycles. The summed E-state index contributed by atoms with van der Waals surface area (Å²) in [6.07, 6.45) is -3.76. The number of hydrogen-bond acceptors (Lipinski definition) is 3. The highest BCUT2D eigenvalue weighted by molar-refractivity contribution is 5.50. The van der Waals surface area contributed by atoms with Gasteiger partial charge in [0.2, 0.25) is 0 Å². The lowest BCUT2D eigenvalue weighted by Gasteiger charge is -2.16. The number of halogens is 3. The Morgan fingerprint density at radius 2 is 2.05 bits per heavy atom. The summed E-state index contributed by atoms with van der Waals surface area (Å²) in [5, 5.41) is 9.89. The van der Waals surface area contributed by atoms with Crippen LogP contribution >= 0.6 is 0 Å². The molecule has 0 amide bonds. The van der Waals surface area contributed by atoms with E-state index in [0.29, 0.717) is 12.0 Å². The Bertz CT molecular complexity index is 474. The van der Waals surface area contributed by atoms with Gasteiger partial charge in [0.25, 0.3) is 0 Å². The molecule has 0 fully saturated rings. The van der Waals surface area contributed by atoms with Gasteiger partial charge in [-0.15, -0.1) is 0 Å². The number of aromatic hydroxyl groups is 1. The molecule has 0 aliphatic heterocycles. The summed E-state index contributed by atoms with van der Waals surface area (Å²) < 4.78 is 36.1. The monoisotopic (exact) mass is 275 g/mol. The highest BCUT2D eigenvalue weighted by atomic mass is 19.4. The van der Waals surface area contributed by atoms with Gasteiger partial charge in [-0.1, -0.05) is 13.0 Å². The third-order valence-electron chi connectivity index (χ3n) is 3.37. The first-order chi connectivity index (χ1) is 8.79. The molecular weight excluding hydrogens is 259 g/mol. The molecule has 2 atom stereocenters. The molecule has 2 N–H and O–H groups in total. The first-order valence-corrected chi connectivity index (χ1v) is 6.06. The fraction of sp³-hybridized carbons (Fsp3) is 0.538. The standard InChI is InChI=1S/C13H16F3NO2/c1-7-3-4-10(18)12-9(5-8(2)11(7)12)17-19-6-13(14,15)16/h3-4,8-9,17-18H,5-6H2,1-2H3. The molecule has 0 spiro atoms. The van der Waals surface area contributed by atoms with Crippen LogP contribution in [0.4, 0.5) is 13.2 Å². The first-order valence-electron chi connectivity index (χ1n) is 6.06. The maximum Gasteiger partial charge on any atom is 0.413 e. The van der Waals surface area contributed by atoms with Gasteiger partial charge in [-0.2, -0.15) is 18.7 Å². The summed E-state index contributed by atoms with van der Waals surface area (Å²) >= 11 is 0. The number of phenolic OH excluding ortho intramolecular Hbond substituents is 1. The van der Waals surface area contributed by atoms with E-state index in [1.54, 1.807) is 6.07 Å². The molecule has 0 aromatic heterocycles. The molecule has 2 unspecified atom stereocenters. The van der Waals surface area contributed by atoms with Crippen LogP contribution in [0, 0.1) is 6.92 Å². The predicted octanol–water partition coefficient (Wildman–Crippen LogP) is 3.33. The summed E-state index contributed by atoms with van der Waals surface area (Å²) in [4.78, 5) is 4.50. The third kappa shape index (κ3) is 3.01. The molecule has 0 bridgehead atoms. The van der Waals surface area contributed by atoms with Gasteiger partial charge < -0.3 is 5.11 Å². The molecule has 6 heteroatoms. The fourth-order valence-electron chi connectivity index (χ4n) is 2.67. The van der Waals surface area contributed by atoms with Crippen molar-refractivity contribution in [3.05, 3.63) is 28.8 Å². The Labute approximate surface area is 109 Å². The molecule has 106 valence electrons. The van der Waals surface area contributed by atoms with Gasteiger partial charge in [0.05, 0.1) is 6.04 Å².